The van der Waals surface area contributed by atoms with Crippen molar-refractivity contribution in [3.05, 3.63) is 0 Å². The summed E-state index contributed by atoms with van der Waals surface area (Å²) in [5, 5.41) is 0. The lowest BCUT2D eigenvalue weighted by atomic mass is 9.94. The van der Waals surface area contributed by atoms with E-state index in [1.165, 1.54) is 12.8 Å². The van der Waals surface area contributed by atoms with Crippen molar-refractivity contribution in [2.75, 3.05) is 13.1 Å². The summed E-state index contributed by atoms with van der Waals surface area (Å²) in [6, 6.07) is 0.520. The fourth-order valence-electron chi connectivity index (χ4n) is 2.06. The number of hydrogen-bond donors (Lipinski definition) is 1. The summed E-state index contributed by atoms with van der Waals surface area (Å²) in [6.07, 6.45) is 4.62. The van der Waals surface area contributed by atoms with Crippen molar-refractivity contribution in [3.63, 3.8) is 0 Å². The van der Waals surface area contributed by atoms with Crippen LogP contribution in [0.2, 0.25) is 0 Å². The van der Waals surface area contributed by atoms with Gasteiger partial charge >= 0.3 is 0 Å². The predicted molar refractivity (Wildman–Crippen MR) is 67.0 cm³/mol. The van der Waals surface area contributed by atoms with E-state index < -0.39 is 0 Å². The highest BCUT2D eigenvalue weighted by atomic mass is 16.2. The third-order valence-electron chi connectivity index (χ3n) is 3.40. The molecule has 0 heterocycles. The molecule has 0 aromatic heterocycles. The van der Waals surface area contributed by atoms with E-state index in [1.807, 2.05) is 0 Å². The first kappa shape index (κ1) is 13.5. The number of nitrogens with two attached hydrogens (primary N) is 1. The SMILES string of the molecule is CCCCN(C(=O)C(CN)C(C)C)C1CC1. The van der Waals surface area contributed by atoms with Gasteiger partial charge in [-0.1, -0.05) is 27.2 Å². The van der Waals surface area contributed by atoms with Crippen LogP contribution in [0.25, 0.3) is 0 Å². The Kier molecular flexibility index (Phi) is 5.26. The lowest BCUT2D eigenvalue weighted by molar-refractivity contribution is -0.137. The number of amides is 1. The number of rotatable bonds is 7. The number of carbonyl (C=O) groups excluding carboxylic acids is 1. The van der Waals surface area contributed by atoms with Gasteiger partial charge in [0.05, 0.1) is 5.92 Å². The van der Waals surface area contributed by atoms with E-state index in [0.29, 0.717) is 18.5 Å². The summed E-state index contributed by atoms with van der Waals surface area (Å²) in [7, 11) is 0. The van der Waals surface area contributed by atoms with Gasteiger partial charge in [-0.15, -0.1) is 0 Å². The number of carbonyl (C=O) groups is 1. The van der Waals surface area contributed by atoms with E-state index >= 15 is 0 Å². The van der Waals surface area contributed by atoms with Crippen molar-refractivity contribution in [1.29, 1.82) is 0 Å². The summed E-state index contributed by atoms with van der Waals surface area (Å²) < 4.78 is 0. The molecule has 3 heteroatoms. The van der Waals surface area contributed by atoms with Crippen LogP contribution in [0.5, 0.6) is 0 Å². The summed E-state index contributed by atoms with van der Waals surface area (Å²) >= 11 is 0. The Bertz CT molecular complexity index is 224. The van der Waals surface area contributed by atoms with E-state index in [0.717, 1.165) is 19.4 Å². The molecule has 1 rings (SSSR count). The largest absolute Gasteiger partial charge is 0.339 e. The number of nitrogens with zero attached hydrogens (tertiary/aromatic N) is 1. The Morgan fingerprint density at radius 1 is 1.44 bits per heavy atom. The fourth-order valence-corrected chi connectivity index (χ4v) is 2.06. The molecular weight excluding hydrogens is 200 g/mol. The molecule has 0 saturated heterocycles. The average molecular weight is 226 g/mol. The second-order valence-electron chi connectivity index (χ2n) is 5.20. The molecule has 1 fully saturated rings. The molecule has 94 valence electrons. The van der Waals surface area contributed by atoms with Gasteiger partial charge in [-0.25, -0.2) is 0 Å². The maximum absolute atomic E-state index is 12.3. The van der Waals surface area contributed by atoms with Gasteiger partial charge in [-0.2, -0.15) is 0 Å². The quantitative estimate of drug-likeness (QED) is 0.722. The van der Waals surface area contributed by atoms with E-state index in [4.69, 9.17) is 5.73 Å². The van der Waals surface area contributed by atoms with Gasteiger partial charge in [0, 0.05) is 19.1 Å². The van der Waals surface area contributed by atoms with Gasteiger partial charge in [0.25, 0.3) is 0 Å². The van der Waals surface area contributed by atoms with Crippen molar-refractivity contribution in [3.8, 4) is 0 Å². The third kappa shape index (κ3) is 3.48. The first-order valence-corrected chi connectivity index (χ1v) is 6.62. The predicted octanol–water partition coefficient (Wildman–Crippen LogP) is 2.01. The first-order chi connectivity index (χ1) is 7.61. The monoisotopic (exact) mass is 226 g/mol. The summed E-state index contributed by atoms with van der Waals surface area (Å²) in [4.78, 5) is 14.4. The van der Waals surface area contributed by atoms with Crippen LogP contribution in [0.4, 0.5) is 0 Å². The zero-order valence-electron chi connectivity index (χ0n) is 10.9. The Labute approximate surface area is 99.4 Å². The minimum Gasteiger partial charge on any atom is -0.339 e. The number of hydrogen-bond acceptors (Lipinski definition) is 2. The highest BCUT2D eigenvalue weighted by Gasteiger charge is 2.35. The zero-order chi connectivity index (χ0) is 12.1. The highest BCUT2D eigenvalue weighted by Crippen LogP contribution is 2.29. The lowest BCUT2D eigenvalue weighted by Crippen LogP contribution is -2.43. The van der Waals surface area contributed by atoms with Gasteiger partial charge in [0.15, 0.2) is 0 Å². The standard InChI is InChI=1S/C13H26N2O/c1-4-5-8-15(11-6-7-11)13(16)12(9-14)10(2)3/h10-12H,4-9,14H2,1-3H3. The van der Waals surface area contributed by atoms with Gasteiger partial charge in [0.1, 0.15) is 0 Å². The van der Waals surface area contributed by atoms with Crippen LogP contribution in [0.15, 0.2) is 0 Å². The van der Waals surface area contributed by atoms with E-state index in [1.54, 1.807) is 0 Å². The van der Waals surface area contributed by atoms with Crippen LogP contribution in [-0.2, 0) is 4.79 Å². The van der Waals surface area contributed by atoms with E-state index in [2.05, 4.69) is 25.7 Å². The van der Waals surface area contributed by atoms with Crippen molar-refractivity contribution >= 4 is 5.91 Å². The molecule has 0 radical (unpaired) electrons. The molecular formula is C13H26N2O. The highest BCUT2D eigenvalue weighted by molar-refractivity contribution is 5.80. The van der Waals surface area contributed by atoms with Crippen LogP contribution in [-0.4, -0.2) is 29.9 Å². The maximum atomic E-state index is 12.3. The van der Waals surface area contributed by atoms with Crippen molar-refractivity contribution < 1.29 is 4.79 Å². The maximum Gasteiger partial charge on any atom is 0.227 e. The van der Waals surface area contributed by atoms with Crippen molar-refractivity contribution in [2.45, 2.75) is 52.5 Å². The van der Waals surface area contributed by atoms with E-state index in [9.17, 15) is 4.79 Å². The third-order valence-corrected chi connectivity index (χ3v) is 3.40. The Hall–Kier alpha value is -0.570. The molecule has 0 aliphatic heterocycles. The molecule has 1 saturated carbocycles. The van der Waals surface area contributed by atoms with Gasteiger partial charge < -0.3 is 10.6 Å². The van der Waals surface area contributed by atoms with Crippen molar-refractivity contribution in [1.82, 2.24) is 4.90 Å². The molecule has 1 aliphatic carbocycles. The van der Waals surface area contributed by atoms with Crippen LogP contribution >= 0.6 is 0 Å². The number of unbranched alkanes of at least 4 members (excludes halogenated alkanes) is 1. The average Bonchev–Trinajstić information content (AvgIpc) is 3.03. The Morgan fingerprint density at radius 2 is 2.06 bits per heavy atom. The lowest BCUT2D eigenvalue weighted by Gasteiger charge is -2.28. The van der Waals surface area contributed by atoms with Gasteiger partial charge in [-0.05, 0) is 25.2 Å². The molecule has 0 spiro atoms. The van der Waals surface area contributed by atoms with Crippen molar-refractivity contribution in [2.24, 2.45) is 17.6 Å². The summed E-state index contributed by atoms with van der Waals surface area (Å²) in [5.41, 5.74) is 5.71. The molecule has 0 aromatic carbocycles. The molecule has 1 atom stereocenters. The van der Waals surface area contributed by atoms with Crippen LogP contribution in [0.3, 0.4) is 0 Å². The van der Waals surface area contributed by atoms with Crippen LogP contribution in [0, 0.1) is 11.8 Å². The molecule has 1 amide bonds. The Morgan fingerprint density at radius 3 is 2.44 bits per heavy atom. The van der Waals surface area contributed by atoms with E-state index in [-0.39, 0.29) is 11.8 Å². The molecule has 0 aromatic rings. The molecule has 1 aliphatic rings. The van der Waals surface area contributed by atoms with Gasteiger partial charge in [0.2, 0.25) is 5.91 Å². The second-order valence-corrected chi connectivity index (χ2v) is 5.20. The van der Waals surface area contributed by atoms with Crippen LogP contribution < -0.4 is 5.73 Å². The molecule has 3 nitrogen and oxygen atoms in total. The normalized spacial score (nSPS) is 17.6. The topological polar surface area (TPSA) is 46.3 Å². The molecule has 16 heavy (non-hydrogen) atoms. The Balaban J connectivity index is 2.58. The second kappa shape index (κ2) is 6.24. The minimum absolute atomic E-state index is 0.0115. The molecule has 2 N–H and O–H groups in total. The summed E-state index contributed by atoms with van der Waals surface area (Å²) in [6.45, 7) is 7.73. The van der Waals surface area contributed by atoms with Crippen LogP contribution in [0.1, 0.15) is 46.5 Å². The molecule has 1 unspecified atom stereocenters. The summed E-state index contributed by atoms with van der Waals surface area (Å²) in [5.74, 6) is 0.645. The van der Waals surface area contributed by atoms with Gasteiger partial charge in [-0.3, -0.25) is 4.79 Å². The smallest absolute Gasteiger partial charge is 0.227 e. The fraction of sp³-hybridized carbons (Fsp3) is 0.923. The minimum atomic E-state index is 0.0115. The first-order valence-electron chi connectivity index (χ1n) is 6.62. The zero-order valence-corrected chi connectivity index (χ0v) is 10.9. The molecule has 0 bridgehead atoms.